The molecule has 0 saturated heterocycles. The maximum Gasteiger partial charge on any atom is 0.491 e. The predicted molar refractivity (Wildman–Crippen MR) is 84.7 cm³/mol. The van der Waals surface area contributed by atoms with E-state index < -0.39 is 18.0 Å². The van der Waals surface area contributed by atoms with E-state index in [4.69, 9.17) is 27.6 Å². The molecule has 0 aliphatic carbocycles. The van der Waals surface area contributed by atoms with Gasteiger partial charge in [0.25, 0.3) is 5.89 Å². The summed E-state index contributed by atoms with van der Waals surface area (Å²) in [6.07, 6.45) is -4.03. The van der Waals surface area contributed by atoms with Crippen LogP contribution in [-0.2, 0) is 4.79 Å². The molecule has 134 valence electrons. The van der Waals surface area contributed by atoms with Crippen molar-refractivity contribution in [2.75, 3.05) is 0 Å². The molecule has 0 aliphatic heterocycles. The number of pyridine rings is 1. The fourth-order valence-corrected chi connectivity index (χ4v) is 2.37. The van der Waals surface area contributed by atoms with Crippen LogP contribution < -0.4 is 4.74 Å². The second-order valence-electron chi connectivity index (χ2n) is 4.78. The molecule has 2 heterocycles. The van der Waals surface area contributed by atoms with Crippen molar-refractivity contribution in [1.29, 1.82) is 0 Å². The third kappa shape index (κ3) is 3.78. The normalized spacial score (nSPS) is 11.4. The fourth-order valence-electron chi connectivity index (χ4n) is 1.88. The summed E-state index contributed by atoms with van der Waals surface area (Å²) in [4.78, 5) is 14.6. The van der Waals surface area contributed by atoms with Crippen molar-refractivity contribution in [3.63, 3.8) is 0 Å². The Morgan fingerprint density at radius 3 is 2.42 bits per heavy atom. The van der Waals surface area contributed by atoms with E-state index >= 15 is 0 Å². The molecule has 0 saturated carbocycles. The van der Waals surface area contributed by atoms with E-state index in [0.717, 1.165) is 6.20 Å². The molecular weight excluding hydrogens is 398 g/mol. The van der Waals surface area contributed by atoms with Crippen LogP contribution >= 0.6 is 23.2 Å². The minimum atomic E-state index is -5.17. The number of carbonyl (C=O) groups is 1. The SMILES string of the molecule is O=C(Oc1ncccc1-c1nnc(-c2ccc(Cl)cc2Cl)o1)C(F)(F)F. The van der Waals surface area contributed by atoms with E-state index in [1.165, 1.54) is 24.3 Å². The molecule has 0 radical (unpaired) electrons. The van der Waals surface area contributed by atoms with Crippen molar-refractivity contribution >= 4 is 29.2 Å². The third-order valence-corrected chi connectivity index (χ3v) is 3.56. The van der Waals surface area contributed by atoms with E-state index in [9.17, 15) is 18.0 Å². The molecule has 0 atom stereocenters. The van der Waals surface area contributed by atoms with Gasteiger partial charge in [0.15, 0.2) is 0 Å². The van der Waals surface area contributed by atoms with Crippen LogP contribution in [0.4, 0.5) is 13.2 Å². The highest BCUT2D eigenvalue weighted by atomic mass is 35.5. The minimum Gasteiger partial charge on any atom is -0.416 e. The van der Waals surface area contributed by atoms with E-state index in [1.807, 2.05) is 0 Å². The summed E-state index contributed by atoms with van der Waals surface area (Å²) < 4.78 is 46.9. The number of halogens is 5. The summed E-state index contributed by atoms with van der Waals surface area (Å²) in [5.74, 6) is -3.24. The Labute approximate surface area is 153 Å². The monoisotopic (exact) mass is 403 g/mol. The molecule has 3 aromatic rings. The number of aromatic nitrogens is 3. The van der Waals surface area contributed by atoms with Crippen molar-refractivity contribution in [2.45, 2.75) is 6.18 Å². The van der Waals surface area contributed by atoms with Gasteiger partial charge >= 0.3 is 12.1 Å². The number of carbonyl (C=O) groups excluding carboxylic acids is 1. The second-order valence-corrected chi connectivity index (χ2v) is 5.62. The average molecular weight is 404 g/mol. The van der Waals surface area contributed by atoms with Gasteiger partial charge in [0, 0.05) is 11.2 Å². The van der Waals surface area contributed by atoms with E-state index in [-0.39, 0.29) is 22.4 Å². The van der Waals surface area contributed by atoms with Crippen molar-refractivity contribution in [3.05, 3.63) is 46.6 Å². The first kappa shape index (κ1) is 18.2. The van der Waals surface area contributed by atoms with Crippen molar-refractivity contribution < 1.29 is 27.1 Å². The maximum atomic E-state index is 12.4. The van der Waals surface area contributed by atoms with Crippen molar-refractivity contribution in [2.24, 2.45) is 0 Å². The number of hydrogen-bond donors (Lipinski definition) is 0. The van der Waals surface area contributed by atoms with Gasteiger partial charge in [0.2, 0.25) is 11.8 Å². The first-order valence-corrected chi connectivity index (χ1v) is 7.54. The number of alkyl halides is 3. The molecule has 26 heavy (non-hydrogen) atoms. The molecule has 1 aromatic carbocycles. The Kier molecular flexibility index (Phi) is 4.84. The Bertz CT molecular complexity index is 976. The molecule has 0 fully saturated rings. The number of nitrogens with zero attached hydrogens (tertiary/aromatic N) is 3. The van der Waals surface area contributed by atoms with Gasteiger partial charge in [0.05, 0.1) is 10.6 Å². The number of rotatable bonds is 3. The zero-order valence-corrected chi connectivity index (χ0v) is 13.9. The molecule has 0 amide bonds. The lowest BCUT2D eigenvalue weighted by Crippen LogP contribution is -2.28. The quantitative estimate of drug-likeness (QED) is 0.595. The lowest BCUT2D eigenvalue weighted by molar-refractivity contribution is -0.189. The molecule has 0 N–H and O–H groups in total. The van der Waals surface area contributed by atoms with Crippen molar-refractivity contribution in [1.82, 2.24) is 15.2 Å². The van der Waals surface area contributed by atoms with Crippen LogP contribution in [0.25, 0.3) is 22.9 Å². The topological polar surface area (TPSA) is 78.1 Å². The summed E-state index contributed by atoms with van der Waals surface area (Å²) in [7, 11) is 0. The predicted octanol–water partition coefficient (Wildman–Crippen LogP) is 4.57. The Balaban J connectivity index is 1.96. The number of esters is 1. The number of ether oxygens (including phenoxy) is 1. The van der Waals surface area contributed by atoms with Crippen molar-refractivity contribution in [3.8, 4) is 28.8 Å². The summed E-state index contributed by atoms with van der Waals surface area (Å²) in [6.45, 7) is 0. The van der Waals surface area contributed by atoms with Crippen LogP contribution in [0.5, 0.6) is 5.88 Å². The first-order valence-electron chi connectivity index (χ1n) is 6.79. The van der Waals surface area contributed by atoms with E-state index in [0.29, 0.717) is 10.6 Å². The molecule has 2 aromatic heterocycles. The van der Waals surface area contributed by atoms with Gasteiger partial charge in [-0.25, -0.2) is 9.78 Å². The lowest BCUT2D eigenvalue weighted by Gasteiger charge is -2.07. The van der Waals surface area contributed by atoms with Gasteiger partial charge in [-0.05, 0) is 30.3 Å². The van der Waals surface area contributed by atoms with Crippen LogP contribution in [0, 0.1) is 0 Å². The summed E-state index contributed by atoms with van der Waals surface area (Å²) >= 11 is 11.9. The van der Waals surface area contributed by atoms with Crippen LogP contribution in [0.2, 0.25) is 10.0 Å². The van der Waals surface area contributed by atoms with Crippen LogP contribution in [0.3, 0.4) is 0 Å². The molecule has 0 unspecified atom stereocenters. The van der Waals surface area contributed by atoms with Gasteiger partial charge in [0.1, 0.15) is 5.56 Å². The highest BCUT2D eigenvalue weighted by Crippen LogP contribution is 2.33. The second kappa shape index (κ2) is 6.93. The molecular formula is C15H6Cl2F3N3O3. The number of hydrogen-bond acceptors (Lipinski definition) is 6. The van der Waals surface area contributed by atoms with E-state index in [1.54, 1.807) is 6.07 Å². The van der Waals surface area contributed by atoms with Gasteiger partial charge in [-0.2, -0.15) is 13.2 Å². The summed E-state index contributed by atoms with van der Waals surface area (Å²) in [6, 6.07) is 7.26. The zero-order valence-electron chi connectivity index (χ0n) is 12.4. The molecule has 0 spiro atoms. The van der Waals surface area contributed by atoms with Gasteiger partial charge < -0.3 is 9.15 Å². The Hall–Kier alpha value is -2.65. The number of benzene rings is 1. The molecule has 0 aliphatic rings. The zero-order chi connectivity index (χ0) is 18.9. The molecule has 0 bridgehead atoms. The summed E-state index contributed by atoms with van der Waals surface area (Å²) in [5.41, 5.74) is 0.279. The third-order valence-electron chi connectivity index (χ3n) is 3.01. The maximum absolute atomic E-state index is 12.4. The van der Waals surface area contributed by atoms with Gasteiger partial charge in [-0.15, -0.1) is 10.2 Å². The standard InChI is InChI=1S/C15H6Cl2F3N3O3/c16-7-3-4-8(10(17)6-7)12-22-23-13(25-12)9-2-1-5-21-11(9)26-14(24)15(18,19)20/h1-6H. The molecule has 3 rings (SSSR count). The van der Waals surface area contributed by atoms with Crippen LogP contribution in [-0.4, -0.2) is 27.3 Å². The highest BCUT2D eigenvalue weighted by Gasteiger charge is 2.42. The first-order chi connectivity index (χ1) is 12.3. The highest BCUT2D eigenvalue weighted by molar-refractivity contribution is 6.36. The Morgan fingerprint density at radius 1 is 1.08 bits per heavy atom. The lowest BCUT2D eigenvalue weighted by atomic mass is 10.2. The largest absolute Gasteiger partial charge is 0.491 e. The minimum absolute atomic E-state index is 0.00128. The van der Waals surface area contributed by atoms with Gasteiger partial charge in [-0.1, -0.05) is 23.2 Å². The summed E-state index contributed by atoms with van der Waals surface area (Å²) in [5, 5.41) is 8.16. The fraction of sp³-hybridized carbons (Fsp3) is 0.0667. The Morgan fingerprint density at radius 2 is 1.77 bits per heavy atom. The smallest absolute Gasteiger partial charge is 0.416 e. The van der Waals surface area contributed by atoms with Crippen LogP contribution in [0.15, 0.2) is 40.9 Å². The van der Waals surface area contributed by atoms with E-state index in [2.05, 4.69) is 19.9 Å². The average Bonchev–Trinajstić information content (AvgIpc) is 3.04. The molecule has 6 nitrogen and oxygen atoms in total. The van der Waals surface area contributed by atoms with Gasteiger partial charge in [-0.3, -0.25) is 0 Å². The molecule has 11 heteroatoms. The van der Waals surface area contributed by atoms with Crippen LogP contribution in [0.1, 0.15) is 0 Å².